The first-order chi connectivity index (χ1) is 7.99. The van der Waals surface area contributed by atoms with E-state index in [0.717, 1.165) is 4.47 Å². The zero-order valence-corrected chi connectivity index (χ0v) is 11.6. The molecule has 5 heteroatoms. The molecule has 1 amide bonds. The van der Waals surface area contributed by atoms with Crippen molar-refractivity contribution in [3.63, 3.8) is 0 Å². The van der Waals surface area contributed by atoms with Crippen LogP contribution in [0.5, 0.6) is 0 Å². The number of carbonyl (C=O) groups excluding carboxylic acids is 1. The van der Waals surface area contributed by atoms with E-state index in [1.54, 1.807) is 4.90 Å². The van der Waals surface area contributed by atoms with Crippen molar-refractivity contribution in [2.24, 2.45) is 0 Å². The Morgan fingerprint density at radius 2 is 2.29 bits per heavy atom. The van der Waals surface area contributed by atoms with Crippen molar-refractivity contribution in [2.75, 3.05) is 13.1 Å². The molecule has 1 fully saturated rings. The molecule has 2 rings (SSSR count). The fourth-order valence-electron chi connectivity index (χ4n) is 2.13. The van der Waals surface area contributed by atoms with Gasteiger partial charge < -0.3 is 14.6 Å². The van der Waals surface area contributed by atoms with E-state index < -0.39 is 0 Å². The summed E-state index contributed by atoms with van der Waals surface area (Å²) in [7, 11) is 0. The molecule has 0 radical (unpaired) electrons. The molecule has 1 aromatic rings. The Morgan fingerprint density at radius 3 is 2.82 bits per heavy atom. The number of amides is 1. The van der Waals surface area contributed by atoms with Crippen molar-refractivity contribution in [3.05, 3.63) is 22.4 Å². The Labute approximate surface area is 109 Å². The second-order valence-corrected chi connectivity index (χ2v) is 5.65. The summed E-state index contributed by atoms with van der Waals surface area (Å²) in [5, 5.41) is 9.47. The highest BCUT2D eigenvalue weighted by Crippen LogP contribution is 2.22. The molecule has 0 aliphatic carbocycles. The predicted molar refractivity (Wildman–Crippen MR) is 69.0 cm³/mol. The molecule has 1 aliphatic heterocycles. The number of nitrogens with zero attached hydrogens (tertiary/aromatic N) is 2. The van der Waals surface area contributed by atoms with E-state index in [2.05, 4.69) is 15.9 Å². The summed E-state index contributed by atoms with van der Waals surface area (Å²) in [5.41, 5.74) is 0.681. The standard InChI is InChI=1S/C12H17BrN2O2/c1-8(2)15-6-9(13)5-11(15)12(17)14-4-3-10(16)7-14/h5-6,8,10,16H,3-4,7H2,1-2H3/t10-/m1/s1. The van der Waals surface area contributed by atoms with Gasteiger partial charge in [0.05, 0.1) is 6.10 Å². The smallest absolute Gasteiger partial charge is 0.270 e. The van der Waals surface area contributed by atoms with Crippen LogP contribution in [0.1, 0.15) is 36.8 Å². The average molecular weight is 301 g/mol. The number of aliphatic hydroxyl groups excluding tert-OH is 1. The molecule has 0 aromatic carbocycles. The summed E-state index contributed by atoms with van der Waals surface area (Å²) in [6.45, 7) is 5.17. The van der Waals surface area contributed by atoms with Crippen molar-refractivity contribution in [3.8, 4) is 0 Å². The Hall–Kier alpha value is -0.810. The van der Waals surface area contributed by atoms with E-state index in [9.17, 15) is 9.90 Å². The summed E-state index contributed by atoms with van der Waals surface area (Å²) in [5.74, 6) is 0.000880. The van der Waals surface area contributed by atoms with E-state index in [1.165, 1.54) is 0 Å². The Bertz CT molecular complexity index is 428. The van der Waals surface area contributed by atoms with Crippen LogP contribution in [-0.4, -0.2) is 39.7 Å². The van der Waals surface area contributed by atoms with Gasteiger partial charge in [0.1, 0.15) is 5.69 Å². The second kappa shape index (κ2) is 4.82. The van der Waals surface area contributed by atoms with Crippen molar-refractivity contribution in [1.29, 1.82) is 0 Å². The maximum Gasteiger partial charge on any atom is 0.270 e. The summed E-state index contributed by atoms with van der Waals surface area (Å²) in [4.78, 5) is 14.0. The second-order valence-electron chi connectivity index (χ2n) is 4.74. The normalized spacial score (nSPS) is 20.3. The van der Waals surface area contributed by atoms with Gasteiger partial charge in [-0.3, -0.25) is 4.79 Å². The molecule has 94 valence electrons. The molecule has 4 nitrogen and oxygen atoms in total. The zero-order chi connectivity index (χ0) is 12.6. The van der Waals surface area contributed by atoms with Crippen LogP contribution in [0.15, 0.2) is 16.7 Å². The van der Waals surface area contributed by atoms with Crippen LogP contribution in [-0.2, 0) is 0 Å². The van der Waals surface area contributed by atoms with Crippen molar-refractivity contribution >= 4 is 21.8 Å². The molecule has 0 saturated carbocycles. The molecular formula is C12H17BrN2O2. The van der Waals surface area contributed by atoms with Gasteiger partial charge in [-0.1, -0.05) is 0 Å². The zero-order valence-electron chi connectivity index (χ0n) is 10.1. The van der Waals surface area contributed by atoms with Crippen molar-refractivity contribution < 1.29 is 9.90 Å². The van der Waals surface area contributed by atoms with Crippen LogP contribution in [0, 0.1) is 0 Å². The van der Waals surface area contributed by atoms with Gasteiger partial charge in [0.15, 0.2) is 0 Å². The van der Waals surface area contributed by atoms with Gasteiger partial charge in [-0.25, -0.2) is 0 Å². The maximum absolute atomic E-state index is 12.3. The number of rotatable bonds is 2. The first kappa shape index (κ1) is 12.6. The first-order valence-electron chi connectivity index (χ1n) is 5.83. The van der Waals surface area contributed by atoms with E-state index >= 15 is 0 Å². The molecule has 1 atom stereocenters. The van der Waals surface area contributed by atoms with Gasteiger partial charge in [-0.05, 0) is 42.3 Å². The van der Waals surface area contributed by atoms with Gasteiger partial charge in [0.2, 0.25) is 0 Å². The Kier molecular flexibility index (Phi) is 3.58. The molecule has 1 aromatic heterocycles. The lowest BCUT2D eigenvalue weighted by atomic mass is 10.3. The molecule has 0 spiro atoms. The highest BCUT2D eigenvalue weighted by atomic mass is 79.9. The summed E-state index contributed by atoms with van der Waals surface area (Å²) < 4.78 is 2.87. The third-order valence-corrected chi connectivity index (χ3v) is 3.47. The molecule has 2 heterocycles. The largest absolute Gasteiger partial charge is 0.391 e. The van der Waals surface area contributed by atoms with Crippen LogP contribution >= 0.6 is 15.9 Å². The number of aromatic nitrogens is 1. The lowest BCUT2D eigenvalue weighted by Crippen LogP contribution is -2.31. The quantitative estimate of drug-likeness (QED) is 0.908. The summed E-state index contributed by atoms with van der Waals surface area (Å²) >= 11 is 3.40. The summed E-state index contributed by atoms with van der Waals surface area (Å²) in [6, 6.07) is 2.08. The number of halogens is 1. The molecule has 1 saturated heterocycles. The fraction of sp³-hybridized carbons (Fsp3) is 0.583. The van der Waals surface area contributed by atoms with Gasteiger partial charge in [0, 0.05) is 29.8 Å². The van der Waals surface area contributed by atoms with E-state index in [0.29, 0.717) is 25.2 Å². The van der Waals surface area contributed by atoms with Crippen LogP contribution in [0.25, 0.3) is 0 Å². The Balaban J connectivity index is 2.24. The van der Waals surface area contributed by atoms with E-state index in [1.807, 2.05) is 30.7 Å². The van der Waals surface area contributed by atoms with Crippen LogP contribution in [0.3, 0.4) is 0 Å². The third kappa shape index (κ3) is 2.55. The number of hydrogen-bond acceptors (Lipinski definition) is 2. The number of hydrogen-bond donors (Lipinski definition) is 1. The van der Waals surface area contributed by atoms with Crippen molar-refractivity contribution in [1.82, 2.24) is 9.47 Å². The maximum atomic E-state index is 12.3. The minimum Gasteiger partial charge on any atom is -0.391 e. The van der Waals surface area contributed by atoms with Crippen LogP contribution < -0.4 is 0 Å². The summed E-state index contributed by atoms with van der Waals surface area (Å²) in [6.07, 6.45) is 2.23. The predicted octanol–water partition coefficient (Wildman–Crippen LogP) is 2.04. The van der Waals surface area contributed by atoms with Crippen molar-refractivity contribution in [2.45, 2.75) is 32.4 Å². The Morgan fingerprint density at radius 1 is 1.59 bits per heavy atom. The molecule has 0 bridgehead atoms. The van der Waals surface area contributed by atoms with Gasteiger partial charge in [-0.15, -0.1) is 0 Å². The first-order valence-corrected chi connectivity index (χ1v) is 6.63. The lowest BCUT2D eigenvalue weighted by molar-refractivity contribution is 0.0753. The van der Waals surface area contributed by atoms with E-state index in [-0.39, 0.29) is 18.1 Å². The third-order valence-electron chi connectivity index (χ3n) is 3.04. The minimum absolute atomic E-state index is 0.000880. The number of aliphatic hydroxyl groups is 1. The molecule has 1 N–H and O–H groups in total. The SMILES string of the molecule is CC(C)n1cc(Br)cc1C(=O)N1CC[C@@H](O)C1. The molecule has 0 unspecified atom stereocenters. The van der Waals surface area contributed by atoms with Crippen LogP contribution in [0.2, 0.25) is 0 Å². The number of β-amino-alcohol motifs (C(OH)–C–C–N with tert-alkyl or cyclic N) is 1. The number of carbonyl (C=O) groups is 1. The van der Waals surface area contributed by atoms with Crippen LogP contribution in [0.4, 0.5) is 0 Å². The van der Waals surface area contributed by atoms with E-state index in [4.69, 9.17) is 0 Å². The van der Waals surface area contributed by atoms with Gasteiger partial charge in [0.25, 0.3) is 5.91 Å². The fourth-order valence-corrected chi connectivity index (χ4v) is 2.57. The molecule has 17 heavy (non-hydrogen) atoms. The minimum atomic E-state index is -0.371. The highest BCUT2D eigenvalue weighted by Gasteiger charge is 2.27. The monoisotopic (exact) mass is 300 g/mol. The number of likely N-dealkylation sites (tertiary alicyclic amines) is 1. The molecular weight excluding hydrogens is 284 g/mol. The topological polar surface area (TPSA) is 45.5 Å². The highest BCUT2D eigenvalue weighted by molar-refractivity contribution is 9.10. The molecule has 1 aliphatic rings. The van der Waals surface area contributed by atoms with Gasteiger partial charge >= 0.3 is 0 Å². The average Bonchev–Trinajstić information content (AvgIpc) is 2.83. The lowest BCUT2D eigenvalue weighted by Gasteiger charge is -2.18. The van der Waals surface area contributed by atoms with Gasteiger partial charge in [-0.2, -0.15) is 0 Å².